The van der Waals surface area contributed by atoms with Gasteiger partial charge in [-0.2, -0.15) is 13.2 Å². The van der Waals surface area contributed by atoms with Gasteiger partial charge in [0, 0.05) is 0 Å². The Balaban J connectivity index is 1.44. The van der Waals surface area contributed by atoms with E-state index >= 15 is 0 Å². The molecule has 0 aliphatic carbocycles. The zero-order chi connectivity index (χ0) is 26.0. The van der Waals surface area contributed by atoms with Gasteiger partial charge in [0.05, 0.1) is 34.0 Å². The molecule has 7 nitrogen and oxygen atoms in total. The van der Waals surface area contributed by atoms with Crippen LogP contribution in [0.4, 0.5) is 18.9 Å². The Morgan fingerprint density at radius 3 is 2.25 bits per heavy atom. The van der Waals surface area contributed by atoms with Crippen molar-refractivity contribution in [3.8, 4) is 0 Å². The minimum Gasteiger partial charge on any atom is -0.452 e. The van der Waals surface area contributed by atoms with Gasteiger partial charge in [0.15, 0.2) is 6.61 Å². The largest absolute Gasteiger partial charge is 0.452 e. The molecule has 1 aliphatic rings. The molecule has 4 rings (SSSR count). The van der Waals surface area contributed by atoms with Gasteiger partial charge in [-0.1, -0.05) is 42.5 Å². The molecule has 0 bridgehead atoms. The van der Waals surface area contributed by atoms with Crippen molar-refractivity contribution in [2.24, 2.45) is 0 Å². The van der Waals surface area contributed by atoms with Gasteiger partial charge >= 0.3 is 12.1 Å². The zero-order valence-corrected chi connectivity index (χ0v) is 18.8. The Hall–Kier alpha value is -4.47. The number of alkyl halides is 3. The topological polar surface area (TPSA) is 92.8 Å². The lowest BCUT2D eigenvalue weighted by Crippen LogP contribution is -2.32. The van der Waals surface area contributed by atoms with Crippen molar-refractivity contribution in [2.45, 2.75) is 19.1 Å². The third-order valence-corrected chi connectivity index (χ3v) is 5.66. The van der Waals surface area contributed by atoms with Crippen molar-refractivity contribution in [3.63, 3.8) is 0 Å². The van der Waals surface area contributed by atoms with E-state index in [-0.39, 0.29) is 16.7 Å². The SMILES string of the molecule is C[C@H](c1ccccc1)N1C(=O)c2ccc(C(=O)OCC(=O)Nc3ccccc3C(F)(F)F)cc2C1=O. The molecule has 10 heteroatoms. The normalized spacial score (nSPS) is 13.8. The summed E-state index contributed by atoms with van der Waals surface area (Å²) in [4.78, 5) is 51.5. The van der Waals surface area contributed by atoms with E-state index in [2.05, 4.69) is 5.32 Å². The van der Waals surface area contributed by atoms with Crippen LogP contribution in [0, 0.1) is 0 Å². The Morgan fingerprint density at radius 1 is 0.917 bits per heavy atom. The lowest BCUT2D eigenvalue weighted by atomic mass is 10.1. The number of para-hydroxylation sites is 1. The predicted octanol–water partition coefficient (Wildman–Crippen LogP) is 4.86. The molecule has 0 aromatic heterocycles. The van der Waals surface area contributed by atoms with E-state index in [0.717, 1.165) is 22.6 Å². The molecule has 3 aromatic rings. The summed E-state index contributed by atoms with van der Waals surface area (Å²) < 4.78 is 44.2. The average molecular weight is 496 g/mol. The summed E-state index contributed by atoms with van der Waals surface area (Å²) in [6, 6.07) is 16.6. The molecule has 0 saturated heterocycles. The fourth-order valence-electron chi connectivity index (χ4n) is 3.86. The number of ether oxygens (including phenoxy) is 1. The molecule has 184 valence electrons. The molecule has 0 spiro atoms. The zero-order valence-electron chi connectivity index (χ0n) is 18.8. The Morgan fingerprint density at radius 2 is 1.56 bits per heavy atom. The Bertz CT molecular complexity index is 1360. The fraction of sp³-hybridized carbons (Fsp3) is 0.154. The number of nitrogens with one attached hydrogen (secondary N) is 1. The van der Waals surface area contributed by atoms with E-state index in [1.807, 2.05) is 6.07 Å². The molecule has 0 unspecified atom stereocenters. The summed E-state index contributed by atoms with van der Waals surface area (Å²) in [5.74, 6) is -3.04. The summed E-state index contributed by atoms with van der Waals surface area (Å²) in [6.45, 7) is 0.855. The molecule has 1 atom stereocenters. The Kier molecular flexibility index (Phi) is 6.61. The van der Waals surface area contributed by atoms with Crippen LogP contribution in [-0.4, -0.2) is 35.2 Å². The number of rotatable bonds is 6. The minimum atomic E-state index is -4.68. The van der Waals surface area contributed by atoms with Gasteiger partial charge in [0.1, 0.15) is 0 Å². The van der Waals surface area contributed by atoms with E-state index in [4.69, 9.17) is 4.74 Å². The lowest BCUT2D eigenvalue weighted by Gasteiger charge is -2.22. The second-order valence-electron chi connectivity index (χ2n) is 7.99. The van der Waals surface area contributed by atoms with E-state index in [1.54, 1.807) is 31.2 Å². The second-order valence-corrected chi connectivity index (χ2v) is 7.99. The van der Waals surface area contributed by atoms with Crippen LogP contribution < -0.4 is 5.32 Å². The molecule has 0 saturated carbocycles. The first-order valence-electron chi connectivity index (χ1n) is 10.8. The number of carbonyl (C=O) groups excluding carboxylic acids is 4. The standard InChI is InChI=1S/C26H19F3N2O5/c1-15(16-7-3-2-4-8-16)31-23(33)18-12-11-17(13-19(18)24(31)34)25(35)36-14-22(32)30-21-10-6-5-9-20(21)26(27,28)29/h2-13,15H,14H2,1H3,(H,30,32)/t15-/m1/s1. The van der Waals surface area contributed by atoms with E-state index in [9.17, 15) is 32.3 Å². The first kappa shape index (κ1) is 24.6. The number of halogens is 3. The quantitative estimate of drug-likeness (QED) is 0.389. The molecule has 1 aliphatic heterocycles. The van der Waals surface area contributed by atoms with Crippen LogP contribution in [0.5, 0.6) is 0 Å². The monoisotopic (exact) mass is 496 g/mol. The highest BCUT2D eigenvalue weighted by molar-refractivity contribution is 6.22. The van der Waals surface area contributed by atoms with Gasteiger partial charge in [0.2, 0.25) is 0 Å². The number of amides is 3. The smallest absolute Gasteiger partial charge is 0.418 e. The van der Waals surface area contributed by atoms with E-state index < -0.39 is 53.8 Å². The van der Waals surface area contributed by atoms with Crippen LogP contribution in [0.25, 0.3) is 0 Å². The van der Waals surface area contributed by atoms with Crippen LogP contribution in [0.2, 0.25) is 0 Å². The third-order valence-electron chi connectivity index (χ3n) is 5.66. The van der Waals surface area contributed by atoms with Gasteiger partial charge in [-0.15, -0.1) is 0 Å². The fourth-order valence-corrected chi connectivity index (χ4v) is 3.86. The van der Waals surface area contributed by atoms with Crippen LogP contribution in [0.15, 0.2) is 72.8 Å². The molecule has 0 radical (unpaired) electrons. The molecule has 36 heavy (non-hydrogen) atoms. The first-order chi connectivity index (χ1) is 17.1. The number of benzene rings is 3. The van der Waals surface area contributed by atoms with Gasteiger partial charge in [-0.05, 0) is 42.8 Å². The highest BCUT2D eigenvalue weighted by Crippen LogP contribution is 2.35. The van der Waals surface area contributed by atoms with E-state index in [0.29, 0.717) is 0 Å². The van der Waals surface area contributed by atoms with Crippen molar-refractivity contribution < 1.29 is 37.1 Å². The highest BCUT2D eigenvalue weighted by atomic mass is 19.4. The third kappa shape index (κ3) is 4.83. The van der Waals surface area contributed by atoms with Crippen LogP contribution in [-0.2, 0) is 15.7 Å². The molecule has 3 aromatic carbocycles. The van der Waals surface area contributed by atoms with Crippen molar-refractivity contribution in [3.05, 3.63) is 101 Å². The van der Waals surface area contributed by atoms with Gasteiger partial charge < -0.3 is 10.1 Å². The maximum Gasteiger partial charge on any atom is 0.418 e. The van der Waals surface area contributed by atoms with Gasteiger partial charge in [-0.25, -0.2) is 4.79 Å². The van der Waals surface area contributed by atoms with Crippen LogP contribution in [0.3, 0.4) is 0 Å². The van der Waals surface area contributed by atoms with Crippen LogP contribution >= 0.6 is 0 Å². The number of fused-ring (bicyclic) bond motifs is 1. The van der Waals surface area contributed by atoms with E-state index in [1.165, 1.54) is 30.3 Å². The van der Waals surface area contributed by atoms with Crippen LogP contribution in [0.1, 0.15) is 55.2 Å². The summed E-state index contributed by atoms with van der Waals surface area (Å²) in [5.41, 5.74) is -0.708. The van der Waals surface area contributed by atoms with Gasteiger partial charge in [0.25, 0.3) is 17.7 Å². The minimum absolute atomic E-state index is 0.0146. The number of carbonyl (C=O) groups is 4. The molecular weight excluding hydrogens is 477 g/mol. The molecular formula is C26H19F3N2O5. The van der Waals surface area contributed by atoms with Gasteiger partial charge in [-0.3, -0.25) is 19.3 Å². The number of hydrogen-bond donors (Lipinski definition) is 1. The summed E-state index contributed by atoms with van der Waals surface area (Å²) in [6.07, 6.45) is -4.68. The van der Waals surface area contributed by atoms with Crippen molar-refractivity contribution >= 4 is 29.4 Å². The maximum atomic E-state index is 13.1. The maximum absolute atomic E-state index is 13.1. The number of anilines is 1. The van der Waals surface area contributed by atoms with Crippen molar-refractivity contribution in [2.75, 3.05) is 11.9 Å². The first-order valence-corrected chi connectivity index (χ1v) is 10.8. The summed E-state index contributed by atoms with van der Waals surface area (Å²) in [7, 11) is 0. The second kappa shape index (κ2) is 9.65. The molecule has 0 fully saturated rings. The number of imide groups is 1. The number of hydrogen-bond acceptors (Lipinski definition) is 5. The van der Waals surface area contributed by atoms with Crippen molar-refractivity contribution in [1.29, 1.82) is 0 Å². The summed E-state index contributed by atoms with van der Waals surface area (Å²) in [5, 5.41) is 2.07. The number of esters is 1. The molecule has 1 heterocycles. The number of nitrogens with zero attached hydrogens (tertiary/aromatic N) is 1. The Labute approximate surface area is 203 Å². The van der Waals surface area contributed by atoms with Crippen molar-refractivity contribution in [1.82, 2.24) is 4.90 Å². The summed E-state index contributed by atoms with van der Waals surface area (Å²) >= 11 is 0. The highest BCUT2D eigenvalue weighted by Gasteiger charge is 2.39. The predicted molar refractivity (Wildman–Crippen MR) is 122 cm³/mol. The molecule has 3 amide bonds. The average Bonchev–Trinajstić information content (AvgIpc) is 3.11. The molecule has 1 N–H and O–H groups in total. The lowest BCUT2D eigenvalue weighted by molar-refractivity contribution is -0.137.